The Labute approximate surface area is 194 Å². The van der Waals surface area contributed by atoms with Crippen LogP contribution in [0.15, 0.2) is 60.7 Å². The van der Waals surface area contributed by atoms with Gasteiger partial charge in [-0.25, -0.2) is 4.68 Å². The monoisotopic (exact) mass is 442 g/mol. The summed E-state index contributed by atoms with van der Waals surface area (Å²) < 4.78 is 1.98. The lowest BCUT2D eigenvalue weighted by Gasteiger charge is -2.22. The molecule has 1 fully saturated rings. The van der Waals surface area contributed by atoms with Gasteiger partial charge in [-0.1, -0.05) is 42.8 Å². The molecular weight excluding hydrogens is 412 g/mol. The zero-order valence-corrected chi connectivity index (χ0v) is 18.9. The van der Waals surface area contributed by atoms with Crippen LogP contribution in [-0.2, 0) is 12.8 Å². The highest BCUT2D eigenvalue weighted by atomic mass is 16.2. The van der Waals surface area contributed by atoms with Gasteiger partial charge in [0.25, 0.3) is 11.8 Å². The number of rotatable bonds is 3. The number of hydrogen-bond acceptors (Lipinski definition) is 3. The number of amides is 2. The first kappa shape index (κ1) is 21.4. The van der Waals surface area contributed by atoms with Crippen LogP contribution in [0.1, 0.15) is 57.8 Å². The summed E-state index contributed by atoms with van der Waals surface area (Å²) >= 11 is 0. The van der Waals surface area contributed by atoms with E-state index in [2.05, 4.69) is 0 Å². The number of carbonyl (C=O) groups is 2. The standard InChI is InChI=1S/C27H30N4O2/c32-26(21-11-4-1-5-12-21)29-17-10-18-30(20-19-29)27(33)25-23-15-8-3-9-16-24(23)31(28-25)22-13-6-2-7-14-22/h1-2,4-7,11-14H,3,8-10,15-20H2. The minimum atomic E-state index is -0.00292. The van der Waals surface area contributed by atoms with Crippen molar-refractivity contribution in [3.63, 3.8) is 0 Å². The highest BCUT2D eigenvalue weighted by molar-refractivity contribution is 5.95. The van der Waals surface area contributed by atoms with Gasteiger partial charge in [-0.2, -0.15) is 5.10 Å². The van der Waals surface area contributed by atoms with Gasteiger partial charge in [0.2, 0.25) is 0 Å². The average Bonchev–Trinajstić information content (AvgIpc) is 3.04. The third-order valence-electron chi connectivity index (χ3n) is 6.72. The minimum Gasteiger partial charge on any atom is -0.337 e. The summed E-state index contributed by atoms with van der Waals surface area (Å²) in [5.74, 6) is 0.0314. The fourth-order valence-electron chi connectivity index (χ4n) is 4.97. The van der Waals surface area contributed by atoms with Crippen molar-refractivity contribution in [2.24, 2.45) is 0 Å². The number of aromatic nitrogens is 2. The largest absolute Gasteiger partial charge is 0.337 e. The topological polar surface area (TPSA) is 58.4 Å². The van der Waals surface area contributed by atoms with Crippen molar-refractivity contribution in [3.8, 4) is 5.69 Å². The first-order chi connectivity index (χ1) is 16.2. The van der Waals surface area contributed by atoms with Crippen LogP contribution in [0.5, 0.6) is 0 Å². The highest BCUT2D eigenvalue weighted by Crippen LogP contribution is 2.27. The van der Waals surface area contributed by atoms with Gasteiger partial charge in [-0.15, -0.1) is 0 Å². The molecular formula is C27H30N4O2. The van der Waals surface area contributed by atoms with Gasteiger partial charge in [0.05, 0.1) is 5.69 Å². The first-order valence-corrected chi connectivity index (χ1v) is 12.0. The van der Waals surface area contributed by atoms with E-state index in [4.69, 9.17) is 5.10 Å². The van der Waals surface area contributed by atoms with E-state index in [0.717, 1.165) is 43.4 Å². The quantitative estimate of drug-likeness (QED) is 0.573. The molecule has 6 heteroatoms. The second-order valence-corrected chi connectivity index (χ2v) is 8.89. The summed E-state index contributed by atoms with van der Waals surface area (Å²) in [4.78, 5) is 30.3. The molecule has 6 nitrogen and oxygen atoms in total. The molecule has 5 rings (SSSR count). The second-order valence-electron chi connectivity index (χ2n) is 8.89. The third-order valence-corrected chi connectivity index (χ3v) is 6.72. The lowest BCUT2D eigenvalue weighted by Crippen LogP contribution is -2.37. The highest BCUT2D eigenvalue weighted by Gasteiger charge is 2.29. The molecule has 1 aliphatic heterocycles. The van der Waals surface area contributed by atoms with Crippen LogP contribution in [0.2, 0.25) is 0 Å². The van der Waals surface area contributed by atoms with Crippen LogP contribution < -0.4 is 0 Å². The molecule has 2 heterocycles. The van der Waals surface area contributed by atoms with Crippen LogP contribution in [0.4, 0.5) is 0 Å². The Morgan fingerprint density at radius 2 is 1.30 bits per heavy atom. The van der Waals surface area contributed by atoms with E-state index in [1.807, 2.05) is 75.1 Å². The second kappa shape index (κ2) is 9.61. The van der Waals surface area contributed by atoms with Gasteiger partial charge in [0, 0.05) is 43.0 Å². The van der Waals surface area contributed by atoms with Gasteiger partial charge in [-0.05, 0) is 56.4 Å². The lowest BCUT2D eigenvalue weighted by atomic mass is 10.1. The molecule has 0 bridgehead atoms. The maximum Gasteiger partial charge on any atom is 0.274 e. The van der Waals surface area contributed by atoms with Gasteiger partial charge < -0.3 is 9.80 Å². The van der Waals surface area contributed by atoms with Crippen LogP contribution in [0.25, 0.3) is 5.69 Å². The van der Waals surface area contributed by atoms with Crippen molar-refractivity contribution in [1.29, 1.82) is 0 Å². The fraction of sp³-hybridized carbons (Fsp3) is 0.370. The number of carbonyl (C=O) groups excluding carboxylic acids is 2. The van der Waals surface area contributed by atoms with Crippen LogP contribution in [0.3, 0.4) is 0 Å². The number of fused-ring (bicyclic) bond motifs is 1. The molecule has 1 saturated heterocycles. The summed E-state index contributed by atoms with van der Waals surface area (Å²) in [6.45, 7) is 2.38. The van der Waals surface area contributed by atoms with Crippen LogP contribution in [-0.4, -0.2) is 57.6 Å². The predicted octanol–water partition coefficient (Wildman–Crippen LogP) is 4.13. The molecule has 0 atom stereocenters. The SMILES string of the molecule is O=C(c1ccccc1)N1CCCN(C(=O)c2nn(-c3ccccc3)c3c2CCCCC3)CC1. The Kier molecular flexibility index (Phi) is 6.24. The molecule has 1 aliphatic carbocycles. The van der Waals surface area contributed by atoms with Gasteiger partial charge in [0.15, 0.2) is 5.69 Å². The Morgan fingerprint density at radius 3 is 2.03 bits per heavy atom. The van der Waals surface area contributed by atoms with Crippen LogP contribution in [0, 0.1) is 0 Å². The van der Waals surface area contributed by atoms with Crippen molar-refractivity contribution in [3.05, 3.63) is 83.2 Å². The number of hydrogen-bond donors (Lipinski definition) is 0. The zero-order chi connectivity index (χ0) is 22.6. The Balaban J connectivity index is 1.38. The number of nitrogens with zero attached hydrogens (tertiary/aromatic N) is 4. The summed E-state index contributed by atoms with van der Waals surface area (Å²) in [5.41, 5.74) is 4.59. The average molecular weight is 443 g/mol. The van der Waals surface area contributed by atoms with Crippen molar-refractivity contribution in [1.82, 2.24) is 19.6 Å². The zero-order valence-electron chi connectivity index (χ0n) is 18.9. The van der Waals surface area contributed by atoms with Gasteiger partial charge in [-0.3, -0.25) is 9.59 Å². The third kappa shape index (κ3) is 4.42. The molecule has 170 valence electrons. The summed E-state index contributed by atoms with van der Waals surface area (Å²) in [5, 5.41) is 4.86. The maximum atomic E-state index is 13.7. The van der Waals surface area contributed by atoms with Crippen molar-refractivity contribution >= 4 is 11.8 Å². The molecule has 2 aromatic carbocycles. The molecule has 2 amide bonds. The molecule has 0 N–H and O–H groups in total. The molecule has 2 aliphatic rings. The Hall–Kier alpha value is -3.41. The van der Waals surface area contributed by atoms with E-state index in [-0.39, 0.29) is 11.8 Å². The van der Waals surface area contributed by atoms with E-state index in [1.54, 1.807) is 0 Å². The van der Waals surface area contributed by atoms with E-state index >= 15 is 0 Å². The fourth-order valence-corrected chi connectivity index (χ4v) is 4.97. The molecule has 33 heavy (non-hydrogen) atoms. The maximum absolute atomic E-state index is 13.7. The van der Waals surface area contributed by atoms with Crippen LogP contribution >= 0.6 is 0 Å². The van der Waals surface area contributed by atoms with Crippen molar-refractivity contribution in [2.75, 3.05) is 26.2 Å². The molecule has 0 radical (unpaired) electrons. The molecule has 0 unspecified atom stereocenters. The summed E-state index contributed by atoms with van der Waals surface area (Å²) in [7, 11) is 0. The number of benzene rings is 2. The first-order valence-electron chi connectivity index (χ1n) is 12.0. The van der Waals surface area contributed by atoms with Gasteiger partial charge in [0.1, 0.15) is 0 Å². The number of para-hydroxylation sites is 1. The molecule has 3 aromatic rings. The summed E-state index contributed by atoms with van der Waals surface area (Å²) in [6, 6.07) is 19.5. The predicted molar refractivity (Wildman–Crippen MR) is 128 cm³/mol. The molecule has 1 aromatic heterocycles. The normalized spacial score (nSPS) is 16.6. The molecule has 0 spiro atoms. The Morgan fingerprint density at radius 1 is 0.667 bits per heavy atom. The van der Waals surface area contributed by atoms with E-state index < -0.39 is 0 Å². The lowest BCUT2D eigenvalue weighted by molar-refractivity contribution is 0.0715. The Bertz CT molecular complexity index is 1120. The van der Waals surface area contributed by atoms with E-state index in [1.165, 1.54) is 12.1 Å². The van der Waals surface area contributed by atoms with Gasteiger partial charge >= 0.3 is 0 Å². The smallest absolute Gasteiger partial charge is 0.274 e. The van der Waals surface area contributed by atoms with E-state index in [0.29, 0.717) is 37.4 Å². The summed E-state index contributed by atoms with van der Waals surface area (Å²) in [6.07, 6.45) is 6.01. The molecule has 0 saturated carbocycles. The minimum absolute atomic E-state index is 0.00292. The van der Waals surface area contributed by atoms with Crippen molar-refractivity contribution in [2.45, 2.75) is 38.5 Å². The van der Waals surface area contributed by atoms with E-state index in [9.17, 15) is 9.59 Å². The van der Waals surface area contributed by atoms with Crippen molar-refractivity contribution < 1.29 is 9.59 Å².